The number of nitrogen functional groups attached to an aromatic ring is 1. The van der Waals surface area contributed by atoms with Gasteiger partial charge in [0.05, 0.1) is 34.6 Å². The summed E-state index contributed by atoms with van der Waals surface area (Å²) in [7, 11) is 1.55. The minimum absolute atomic E-state index is 0.0323. The maximum Gasteiger partial charge on any atom is 0.416 e. The Kier molecular flexibility index (Phi) is 6.05. The van der Waals surface area contributed by atoms with Gasteiger partial charge in [-0.15, -0.1) is 0 Å². The molecule has 2 heterocycles. The Bertz CT molecular complexity index is 1440. The van der Waals surface area contributed by atoms with Crippen LogP contribution in [0.3, 0.4) is 0 Å². The van der Waals surface area contributed by atoms with Gasteiger partial charge in [0.2, 0.25) is 0 Å². The number of amides is 1. The molecule has 0 spiro atoms. The summed E-state index contributed by atoms with van der Waals surface area (Å²) in [5.74, 6) is -0.204. The Morgan fingerprint density at radius 1 is 1.15 bits per heavy atom. The first-order chi connectivity index (χ1) is 16.1. The topological polar surface area (TPSA) is 117 Å². The number of nitrogens with one attached hydrogen (secondary N) is 2. The van der Waals surface area contributed by atoms with Crippen LogP contribution in [0, 0.1) is 0 Å². The van der Waals surface area contributed by atoms with Gasteiger partial charge in [-0.1, -0.05) is 0 Å². The van der Waals surface area contributed by atoms with Crippen LogP contribution in [0.1, 0.15) is 22.8 Å². The van der Waals surface area contributed by atoms with Gasteiger partial charge in [-0.05, 0) is 43.3 Å². The number of H-pyrrole nitrogens is 2. The lowest BCUT2D eigenvalue weighted by Crippen LogP contribution is -2.33. The molecule has 0 radical (unpaired) electrons. The highest BCUT2D eigenvalue weighted by Gasteiger charge is 2.31. The molecule has 0 saturated carbocycles. The molecule has 4 aromatic rings. The molecular formula is C23H22F3N5O3. The molecule has 0 aliphatic carbocycles. The molecule has 0 aliphatic heterocycles. The van der Waals surface area contributed by atoms with Crippen molar-refractivity contribution in [2.45, 2.75) is 13.1 Å². The largest absolute Gasteiger partial charge is 0.416 e. The maximum atomic E-state index is 13.1. The van der Waals surface area contributed by atoms with Gasteiger partial charge in [0, 0.05) is 36.7 Å². The molecule has 8 nitrogen and oxygen atoms in total. The van der Waals surface area contributed by atoms with Crippen molar-refractivity contribution in [2.24, 2.45) is 0 Å². The van der Waals surface area contributed by atoms with E-state index < -0.39 is 17.3 Å². The lowest BCUT2D eigenvalue weighted by Gasteiger charge is -2.20. The molecule has 0 bridgehead atoms. The monoisotopic (exact) mass is 473 g/mol. The summed E-state index contributed by atoms with van der Waals surface area (Å²) >= 11 is 0. The number of halogens is 3. The quantitative estimate of drug-likeness (QED) is 0.394. The summed E-state index contributed by atoms with van der Waals surface area (Å²) in [5.41, 5.74) is 6.05. The Hall–Kier alpha value is -3.86. The van der Waals surface area contributed by atoms with Crippen molar-refractivity contribution in [1.29, 1.82) is 0 Å². The first kappa shape index (κ1) is 23.3. The Morgan fingerprint density at radius 3 is 2.56 bits per heavy atom. The molecule has 4 N–H and O–H groups in total. The number of alkyl halides is 3. The molecule has 0 saturated heterocycles. The van der Waals surface area contributed by atoms with Gasteiger partial charge in [0.1, 0.15) is 0 Å². The molecule has 34 heavy (non-hydrogen) atoms. The summed E-state index contributed by atoms with van der Waals surface area (Å²) in [6, 6.07) is 7.80. The van der Waals surface area contributed by atoms with Crippen LogP contribution >= 0.6 is 0 Å². The highest BCUT2D eigenvalue weighted by molar-refractivity contribution is 6.04. The van der Waals surface area contributed by atoms with Crippen LogP contribution in [-0.4, -0.2) is 52.6 Å². The van der Waals surface area contributed by atoms with E-state index in [2.05, 4.69) is 15.0 Å². The predicted molar refractivity (Wildman–Crippen MR) is 123 cm³/mol. The van der Waals surface area contributed by atoms with Crippen molar-refractivity contribution >= 4 is 33.5 Å². The summed E-state index contributed by atoms with van der Waals surface area (Å²) in [6.07, 6.45) is -4.55. The Balaban J connectivity index is 1.79. The number of rotatable bonds is 6. The third-order valence-electron chi connectivity index (χ3n) is 5.58. The number of fused-ring (bicyclic) bond motifs is 2. The zero-order chi connectivity index (χ0) is 24.6. The first-order valence-electron chi connectivity index (χ1n) is 10.4. The number of benzene rings is 2. The highest BCUT2D eigenvalue weighted by atomic mass is 19.4. The zero-order valence-electron chi connectivity index (χ0n) is 18.4. The van der Waals surface area contributed by atoms with Crippen molar-refractivity contribution in [3.05, 3.63) is 57.9 Å². The smallest absolute Gasteiger partial charge is 0.396 e. The number of hydrogen-bond acceptors (Lipinski definition) is 5. The fraction of sp³-hybridized carbons (Fsp3) is 0.261. The SMILES string of the molecule is CCN(CCOC)C(=O)c1ccc2[nH]c(-c3nc4cc(C(F)(F)F)ccc4[nH]c3=O)c(N)c2c1. The molecular weight excluding hydrogens is 451 g/mol. The molecule has 0 atom stereocenters. The van der Waals surface area contributed by atoms with Crippen LogP contribution in [0.4, 0.5) is 18.9 Å². The predicted octanol–water partition coefficient (Wildman–Crippen LogP) is 3.78. The van der Waals surface area contributed by atoms with Gasteiger partial charge >= 0.3 is 6.18 Å². The Labute approximate surface area is 191 Å². The average Bonchev–Trinajstić information content (AvgIpc) is 3.13. The van der Waals surface area contributed by atoms with E-state index in [0.717, 1.165) is 18.2 Å². The number of aromatic nitrogens is 3. The van der Waals surface area contributed by atoms with Gasteiger partial charge in [-0.3, -0.25) is 9.59 Å². The molecule has 0 aliphatic rings. The number of anilines is 1. The van der Waals surface area contributed by atoms with Crippen LogP contribution in [-0.2, 0) is 10.9 Å². The van der Waals surface area contributed by atoms with E-state index in [0.29, 0.717) is 36.2 Å². The van der Waals surface area contributed by atoms with Gasteiger partial charge in [0.15, 0.2) is 5.69 Å². The second kappa shape index (κ2) is 8.82. The van der Waals surface area contributed by atoms with E-state index in [1.807, 2.05) is 6.92 Å². The van der Waals surface area contributed by atoms with E-state index in [4.69, 9.17) is 10.5 Å². The van der Waals surface area contributed by atoms with Gasteiger partial charge in [-0.2, -0.15) is 13.2 Å². The number of nitrogens with zero attached hydrogens (tertiary/aromatic N) is 2. The van der Waals surface area contributed by atoms with Crippen LogP contribution in [0.25, 0.3) is 33.3 Å². The molecule has 0 unspecified atom stereocenters. The van der Waals surface area contributed by atoms with E-state index in [9.17, 15) is 22.8 Å². The second-order valence-corrected chi connectivity index (χ2v) is 7.70. The number of nitrogens with two attached hydrogens (primary N) is 1. The third-order valence-corrected chi connectivity index (χ3v) is 5.58. The maximum absolute atomic E-state index is 13.1. The molecule has 2 aromatic carbocycles. The van der Waals surface area contributed by atoms with Crippen LogP contribution in [0.5, 0.6) is 0 Å². The molecule has 178 valence electrons. The number of hydrogen-bond donors (Lipinski definition) is 3. The van der Waals surface area contributed by atoms with E-state index in [-0.39, 0.29) is 34.0 Å². The molecule has 4 rings (SSSR count). The summed E-state index contributed by atoms with van der Waals surface area (Å²) in [6.45, 7) is 3.17. The standard InChI is InChI=1S/C23H22F3N5O3/c1-3-31(8-9-34-2)22(33)12-4-6-15-14(10-12)18(27)19(28-15)20-21(32)30-16-7-5-13(23(24,25)26)11-17(16)29-20/h4-7,10-11,28H,3,8-9,27H2,1-2H3,(H,30,32). The van der Waals surface area contributed by atoms with E-state index in [1.165, 1.54) is 0 Å². The van der Waals surface area contributed by atoms with Crippen molar-refractivity contribution in [2.75, 3.05) is 32.5 Å². The lowest BCUT2D eigenvalue weighted by atomic mass is 10.1. The summed E-state index contributed by atoms with van der Waals surface area (Å²) in [4.78, 5) is 36.9. The first-order valence-corrected chi connectivity index (χ1v) is 10.4. The summed E-state index contributed by atoms with van der Waals surface area (Å²) in [5, 5.41) is 0.494. The number of ether oxygens (including phenoxy) is 1. The van der Waals surface area contributed by atoms with Crippen molar-refractivity contribution in [1.82, 2.24) is 19.9 Å². The van der Waals surface area contributed by atoms with Gasteiger partial charge in [0.25, 0.3) is 11.5 Å². The third kappa shape index (κ3) is 4.21. The van der Waals surface area contributed by atoms with Crippen LogP contribution in [0.15, 0.2) is 41.2 Å². The highest BCUT2D eigenvalue weighted by Crippen LogP contribution is 2.33. The van der Waals surface area contributed by atoms with Crippen molar-refractivity contribution in [3.63, 3.8) is 0 Å². The summed E-state index contributed by atoms with van der Waals surface area (Å²) < 4.78 is 44.4. The second-order valence-electron chi connectivity index (χ2n) is 7.70. The number of carbonyl (C=O) groups excluding carboxylic acids is 1. The minimum Gasteiger partial charge on any atom is -0.396 e. The molecule has 11 heteroatoms. The van der Waals surface area contributed by atoms with Crippen LogP contribution in [0.2, 0.25) is 0 Å². The van der Waals surface area contributed by atoms with Gasteiger partial charge in [-0.25, -0.2) is 4.98 Å². The van der Waals surface area contributed by atoms with E-state index >= 15 is 0 Å². The normalized spacial score (nSPS) is 11.9. The fourth-order valence-corrected chi connectivity index (χ4v) is 3.75. The number of aromatic amines is 2. The number of likely N-dealkylation sites (N-methyl/N-ethyl adjacent to an activating group) is 1. The Morgan fingerprint density at radius 2 is 1.88 bits per heavy atom. The average molecular weight is 473 g/mol. The molecule has 2 aromatic heterocycles. The zero-order valence-corrected chi connectivity index (χ0v) is 18.4. The number of carbonyl (C=O) groups is 1. The van der Waals surface area contributed by atoms with Crippen molar-refractivity contribution < 1.29 is 22.7 Å². The molecule has 1 amide bonds. The van der Waals surface area contributed by atoms with Crippen molar-refractivity contribution in [3.8, 4) is 11.4 Å². The minimum atomic E-state index is -4.55. The molecule has 0 fully saturated rings. The van der Waals surface area contributed by atoms with Crippen LogP contribution < -0.4 is 11.3 Å². The number of methoxy groups -OCH3 is 1. The van der Waals surface area contributed by atoms with Gasteiger partial charge < -0.3 is 25.3 Å². The van der Waals surface area contributed by atoms with E-state index in [1.54, 1.807) is 30.2 Å². The lowest BCUT2D eigenvalue weighted by molar-refractivity contribution is -0.137. The fourth-order valence-electron chi connectivity index (χ4n) is 3.75.